The summed E-state index contributed by atoms with van der Waals surface area (Å²) in [7, 11) is 1.63. The predicted octanol–water partition coefficient (Wildman–Crippen LogP) is 3.08. The minimum absolute atomic E-state index is 0.0403. The molecule has 0 saturated heterocycles. The van der Waals surface area contributed by atoms with E-state index < -0.39 is 6.10 Å². The fraction of sp³-hybridized carbons (Fsp3) is 0.294. The Balaban J connectivity index is 2.15. The number of aromatic nitrogens is 1. The van der Waals surface area contributed by atoms with Gasteiger partial charge in [-0.05, 0) is 30.2 Å². The molecule has 6 heteroatoms. The van der Waals surface area contributed by atoms with Gasteiger partial charge in [0.15, 0.2) is 6.10 Å². The highest BCUT2D eigenvalue weighted by atomic mass is 35.5. The quantitative estimate of drug-likeness (QED) is 0.914. The van der Waals surface area contributed by atoms with Gasteiger partial charge in [0.1, 0.15) is 5.75 Å². The molecule has 1 aromatic heterocycles. The summed E-state index contributed by atoms with van der Waals surface area (Å²) in [5.41, 5.74) is 0.399. The van der Waals surface area contributed by atoms with Gasteiger partial charge in [-0.2, -0.15) is 0 Å². The van der Waals surface area contributed by atoms with Crippen molar-refractivity contribution in [1.29, 1.82) is 0 Å². The van der Waals surface area contributed by atoms with Crippen molar-refractivity contribution in [3.8, 4) is 5.75 Å². The summed E-state index contributed by atoms with van der Waals surface area (Å²) < 4.78 is 7.18. The summed E-state index contributed by atoms with van der Waals surface area (Å²) in [5, 5.41) is 3.31. The van der Waals surface area contributed by atoms with Crippen LogP contribution < -0.4 is 15.6 Å². The monoisotopic (exact) mass is 334 g/mol. The molecule has 0 spiro atoms. The van der Waals surface area contributed by atoms with Crippen LogP contribution in [0.1, 0.15) is 13.8 Å². The maximum absolute atomic E-state index is 12.5. The highest BCUT2D eigenvalue weighted by Gasteiger charge is 2.24. The fourth-order valence-electron chi connectivity index (χ4n) is 2.06. The zero-order valence-corrected chi connectivity index (χ0v) is 14.0. The first-order valence-corrected chi connectivity index (χ1v) is 7.64. The van der Waals surface area contributed by atoms with Crippen molar-refractivity contribution in [3.63, 3.8) is 0 Å². The van der Waals surface area contributed by atoms with Gasteiger partial charge in [-0.25, -0.2) is 0 Å². The number of aryl methyl sites for hydroxylation is 1. The van der Waals surface area contributed by atoms with E-state index in [0.29, 0.717) is 16.5 Å². The number of anilines is 1. The lowest BCUT2D eigenvalue weighted by atomic mass is 10.1. The summed E-state index contributed by atoms with van der Waals surface area (Å²) >= 11 is 5.94. The number of hydrogen-bond acceptors (Lipinski definition) is 3. The fourth-order valence-corrected chi connectivity index (χ4v) is 2.24. The molecule has 0 aliphatic heterocycles. The van der Waals surface area contributed by atoms with Crippen LogP contribution >= 0.6 is 11.6 Å². The number of ether oxygens (including phenoxy) is 1. The third kappa shape index (κ3) is 4.60. The molecular weight excluding hydrogens is 316 g/mol. The Kier molecular flexibility index (Phi) is 5.45. The third-order valence-electron chi connectivity index (χ3n) is 3.28. The summed E-state index contributed by atoms with van der Waals surface area (Å²) in [6, 6.07) is 9.88. The average molecular weight is 335 g/mol. The third-order valence-corrected chi connectivity index (χ3v) is 3.51. The van der Waals surface area contributed by atoms with Crippen molar-refractivity contribution < 1.29 is 9.53 Å². The van der Waals surface area contributed by atoms with E-state index in [1.54, 1.807) is 43.6 Å². The minimum atomic E-state index is -0.675. The van der Waals surface area contributed by atoms with Crippen LogP contribution in [0.2, 0.25) is 5.02 Å². The first-order chi connectivity index (χ1) is 10.9. The van der Waals surface area contributed by atoms with Crippen molar-refractivity contribution >= 4 is 23.2 Å². The Bertz CT molecular complexity index is 755. The van der Waals surface area contributed by atoms with Crippen molar-refractivity contribution in [1.82, 2.24) is 4.57 Å². The lowest BCUT2D eigenvalue weighted by molar-refractivity contribution is -0.124. The molecule has 5 nitrogen and oxygen atoms in total. The van der Waals surface area contributed by atoms with Gasteiger partial charge in [0.05, 0.1) is 5.69 Å². The second kappa shape index (κ2) is 7.33. The molecule has 1 atom stereocenters. The first-order valence-electron chi connectivity index (χ1n) is 7.26. The lowest BCUT2D eigenvalue weighted by Gasteiger charge is -2.22. The van der Waals surface area contributed by atoms with Crippen LogP contribution in [0.5, 0.6) is 5.75 Å². The molecule has 0 saturated carbocycles. The Morgan fingerprint density at radius 3 is 2.61 bits per heavy atom. The number of hydrogen-bond donors (Lipinski definition) is 1. The van der Waals surface area contributed by atoms with Crippen LogP contribution in [-0.2, 0) is 11.8 Å². The number of rotatable bonds is 5. The Morgan fingerprint density at radius 1 is 1.26 bits per heavy atom. The SMILES string of the molecule is CC(C)C(Oc1cccc(Cl)c1)C(=O)Nc1ccc(=O)n(C)c1. The zero-order chi connectivity index (χ0) is 17.0. The van der Waals surface area contributed by atoms with Crippen molar-refractivity contribution in [2.45, 2.75) is 20.0 Å². The summed E-state index contributed by atoms with van der Waals surface area (Å²) in [5.74, 6) is 0.215. The van der Waals surface area contributed by atoms with Crippen LogP contribution in [0, 0.1) is 5.92 Å². The molecule has 1 N–H and O–H groups in total. The predicted molar refractivity (Wildman–Crippen MR) is 91.0 cm³/mol. The van der Waals surface area contributed by atoms with Gasteiger partial charge in [0.25, 0.3) is 5.91 Å². The molecule has 2 rings (SSSR count). The number of nitrogens with zero attached hydrogens (tertiary/aromatic N) is 1. The van der Waals surface area contributed by atoms with E-state index >= 15 is 0 Å². The normalized spacial score (nSPS) is 12.0. The second-order valence-corrected chi connectivity index (χ2v) is 6.03. The smallest absolute Gasteiger partial charge is 0.265 e. The molecule has 0 aliphatic rings. The molecule has 0 bridgehead atoms. The Labute approximate surface area is 139 Å². The number of benzene rings is 1. The molecule has 1 amide bonds. The van der Waals surface area contributed by atoms with E-state index in [9.17, 15) is 9.59 Å². The van der Waals surface area contributed by atoms with E-state index in [2.05, 4.69) is 5.32 Å². The number of halogens is 1. The summed E-state index contributed by atoms with van der Waals surface area (Å²) in [6.45, 7) is 3.80. The molecule has 122 valence electrons. The van der Waals surface area contributed by atoms with Crippen molar-refractivity contribution in [3.05, 3.63) is 58.0 Å². The van der Waals surface area contributed by atoms with Gasteiger partial charge < -0.3 is 14.6 Å². The van der Waals surface area contributed by atoms with Crippen LogP contribution in [0.3, 0.4) is 0 Å². The molecule has 23 heavy (non-hydrogen) atoms. The average Bonchev–Trinajstić information content (AvgIpc) is 2.48. The van der Waals surface area contributed by atoms with Gasteiger partial charge in [-0.1, -0.05) is 31.5 Å². The molecule has 2 aromatic rings. The van der Waals surface area contributed by atoms with Crippen molar-refractivity contribution in [2.24, 2.45) is 13.0 Å². The number of carbonyl (C=O) groups excluding carboxylic acids is 1. The molecule has 1 heterocycles. The number of nitrogens with one attached hydrogen (secondary N) is 1. The number of carbonyl (C=O) groups is 1. The van der Waals surface area contributed by atoms with E-state index in [1.807, 2.05) is 13.8 Å². The van der Waals surface area contributed by atoms with Crippen LogP contribution in [0.25, 0.3) is 0 Å². The molecule has 0 aliphatic carbocycles. The minimum Gasteiger partial charge on any atom is -0.480 e. The first kappa shape index (κ1) is 17.1. The van der Waals surface area contributed by atoms with Crippen molar-refractivity contribution in [2.75, 3.05) is 5.32 Å². The molecule has 0 fully saturated rings. The Hall–Kier alpha value is -2.27. The largest absolute Gasteiger partial charge is 0.480 e. The number of amides is 1. The molecule has 0 radical (unpaired) electrons. The van der Waals surface area contributed by atoms with Gasteiger partial charge >= 0.3 is 0 Å². The lowest BCUT2D eigenvalue weighted by Crippen LogP contribution is -2.37. The Morgan fingerprint density at radius 2 is 2.00 bits per heavy atom. The molecule has 1 unspecified atom stereocenters. The van der Waals surface area contributed by atoms with E-state index in [-0.39, 0.29) is 17.4 Å². The topological polar surface area (TPSA) is 60.3 Å². The number of pyridine rings is 1. The standard InChI is InChI=1S/C17H19ClN2O3/c1-11(2)16(23-14-6-4-5-12(18)9-14)17(22)19-13-7-8-15(21)20(3)10-13/h4-11,16H,1-3H3,(H,19,22). The van der Waals surface area contributed by atoms with Gasteiger partial charge in [-0.15, -0.1) is 0 Å². The van der Waals surface area contributed by atoms with Crippen LogP contribution in [0.15, 0.2) is 47.4 Å². The molecular formula is C17H19ClN2O3. The van der Waals surface area contributed by atoms with Gasteiger partial charge in [-0.3, -0.25) is 9.59 Å². The van der Waals surface area contributed by atoms with Crippen LogP contribution in [-0.4, -0.2) is 16.6 Å². The summed E-state index contributed by atoms with van der Waals surface area (Å²) in [4.78, 5) is 23.9. The highest BCUT2D eigenvalue weighted by Crippen LogP contribution is 2.21. The van der Waals surface area contributed by atoms with E-state index in [1.165, 1.54) is 10.6 Å². The highest BCUT2D eigenvalue weighted by molar-refractivity contribution is 6.30. The maximum Gasteiger partial charge on any atom is 0.265 e. The van der Waals surface area contributed by atoms with Gasteiger partial charge in [0.2, 0.25) is 5.56 Å². The molecule has 1 aromatic carbocycles. The van der Waals surface area contributed by atoms with Gasteiger partial charge in [0, 0.05) is 24.3 Å². The van der Waals surface area contributed by atoms with Crippen LogP contribution in [0.4, 0.5) is 5.69 Å². The second-order valence-electron chi connectivity index (χ2n) is 5.60. The van der Waals surface area contributed by atoms with E-state index in [0.717, 1.165) is 0 Å². The van der Waals surface area contributed by atoms with E-state index in [4.69, 9.17) is 16.3 Å². The summed E-state index contributed by atoms with van der Waals surface area (Å²) in [6.07, 6.45) is 0.891. The maximum atomic E-state index is 12.5. The zero-order valence-electron chi connectivity index (χ0n) is 13.2.